The van der Waals surface area contributed by atoms with E-state index >= 15 is 0 Å². The molecule has 0 aliphatic carbocycles. The maximum Gasteiger partial charge on any atom is 0.340 e. The summed E-state index contributed by atoms with van der Waals surface area (Å²) in [5.74, 6) is 0.00699. The fourth-order valence-electron chi connectivity index (χ4n) is 1.50. The minimum atomic E-state index is -1.26. The van der Waals surface area contributed by atoms with E-state index in [-0.39, 0.29) is 12.2 Å². The molecule has 0 aromatic heterocycles. The summed E-state index contributed by atoms with van der Waals surface area (Å²) >= 11 is 0. The average Bonchev–Trinajstić information content (AvgIpc) is 2.28. The lowest BCUT2D eigenvalue weighted by atomic mass is 10.1. The van der Waals surface area contributed by atoms with Gasteiger partial charge in [0.05, 0.1) is 6.61 Å². The number of benzene rings is 1. The Bertz CT molecular complexity index is 436. The molecule has 0 radical (unpaired) electrons. The zero-order valence-corrected chi connectivity index (χ0v) is 8.84. The van der Waals surface area contributed by atoms with Crippen molar-refractivity contribution in [2.45, 2.75) is 13.2 Å². The van der Waals surface area contributed by atoms with Crippen molar-refractivity contribution in [1.82, 2.24) is 0 Å². The number of carbonyl (C=O) groups excluding carboxylic acids is 1. The molecule has 0 saturated heterocycles. The van der Waals surface area contributed by atoms with Gasteiger partial charge in [0, 0.05) is 5.56 Å². The highest BCUT2D eigenvalue weighted by Crippen LogP contribution is 2.28. The molecule has 1 atom stereocenters. The minimum absolute atomic E-state index is 0.126. The fraction of sp³-hybridized carbons (Fsp3) is 0.250. The number of esters is 1. The normalized spacial score (nSPS) is 18.1. The zero-order chi connectivity index (χ0) is 11.5. The van der Waals surface area contributed by atoms with Gasteiger partial charge in [-0.15, -0.1) is 0 Å². The van der Waals surface area contributed by atoms with Crippen LogP contribution in [0.3, 0.4) is 0 Å². The first kappa shape index (κ1) is 10.7. The van der Waals surface area contributed by atoms with Gasteiger partial charge in [-0.2, -0.15) is 0 Å². The second-order valence-corrected chi connectivity index (χ2v) is 3.33. The van der Waals surface area contributed by atoms with Crippen LogP contribution >= 0.6 is 0 Å². The first-order valence-electron chi connectivity index (χ1n) is 5.05. The number of hydrogen-bond donors (Lipinski definition) is 1. The maximum atomic E-state index is 11.5. The van der Waals surface area contributed by atoms with E-state index in [1.807, 2.05) is 6.07 Å². The van der Waals surface area contributed by atoms with Crippen LogP contribution in [0.1, 0.15) is 12.5 Å². The van der Waals surface area contributed by atoms with E-state index in [0.717, 1.165) is 5.56 Å². The van der Waals surface area contributed by atoms with Gasteiger partial charge in [0.25, 0.3) is 0 Å². The molecule has 1 aliphatic heterocycles. The van der Waals surface area contributed by atoms with Crippen molar-refractivity contribution in [2.75, 3.05) is 6.61 Å². The molecule has 0 amide bonds. The minimum Gasteiger partial charge on any atom is -0.462 e. The first-order chi connectivity index (χ1) is 7.72. The SMILES string of the molecule is CCOC(=O)C1=Cc2ccccc2OC1O. The van der Waals surface area contributed by atoms with Gasteiger partial charge in [-0.1, -0.05) is 18.2 Å². The first-order valence-corrected chi connectivity index (χ1v) is 5.05. The van der Waals surface area contributed by atoms with Crippen molar-refractivity contribution < 1.29 is 19.4 Å². The summed E-state index contributed by atoms with van der Waals surface area (Å²) in [5, 5.41) is 9.62. The van der Waals surface area contributed by atoms with Crippen LogP contribution in [0, 0.1) is 0 Å². The van der Waals surface area contributed by atoms with Gasteiger partial charge in [0.1, 0.15) is 11.3 Å². The van der Waals surface area contributed by atoms with E-state index in [1.165, 1.54) is 0 Å². The van der Waals surface area contributed by atoms with Crippen LogP contribution in [-0.4, -0.2) is 24.0 Å². The Balaban J connectivity index is 2.33. The van der Waals surface area contributed by atoms with Crippen LogP contribution < -0.4 is 4.74 Å². The molecule has 0 spiro atoms. The van der Waals surface area contributed by atoms with Gasteiger partial charge in [-0.25, -0.2) is 4.79 Å². The molecular formula is C12H12O4. The summed E-state index contributed by atoms with van der Waals surface area (Å²) in [6.07, 6.45) is 0.329. The van der Waals surface area contributed by atoms with Crippen molar-refractivity contribution >= 4 is 12.0 Å². The third-order valence-corrected chi connectivity index (χ3v) is 2.25. The average molecular weight is 220 g/mol. The van der Waals surface area contributed by atoms with Crippen LogP contribution in [0.2, 0.25) is 0 Å². The number of hydrogen-bond acceptors (Lipinski definition) is 4. The van der Waals surface area contributed by atoms with Crippen molar-refractivity contribution in [3.05, 3.63) is 35.4 Å². The van der Waals surface area contributed by atoms with E-state index in [9.17, 15) is 9.90 Å². The van der Waals surface area contributed by atoms with E-state index < -0.39 is 12.3 Å². The second-order valence-electron chi connectivity index (χ2n) is 3.33. The van der Waals surface area contributed by atoms with E-state index in [2.05, 4.69) is 0 Å². The molecule has 4 nitrogen and oxygen atoms in total. The maximum absolute atomic E-state index is 11.5. The largest absolute Gasteiger partial charge is 0.462 e. The Labute approximate surface area is 93.1 Å². The molecule has 2 rings (SSSR count). The van der Waals surface area contributed by atoms with E-state index in [0.29, 0.717) is 5.75 Å². The molecule has 1 aromatic carbocycles. The molecule has 84 valence electrons. The third kappa shape index (κ3) is 1.92. The topological polar surface area (TPSA) is 55.8 Å². The third-order valence-electron chi connectivity index (χ3n) is 2.25. The molecule has 0 fully saturated rings. The van der Waals surface area contributed by atoms with Gasteiger partial charge in [-0.05, 0) is 19.1 Å². The van der Waals surface area contributed by atoms with E-state index in [1.54, 1.807) is 31.2 Å². The molecule has 1 heterocycles. The van der Waals surface area contributed by atoms with Crippen molar-refractivity contribution in [3.8, 4) is 5.75 Å². The highest BCUT2D eigenvalue weighted by molar-refractivity contribution is 5.95. The summed E-state index contributed by atoms with van der Waals surface area (Å²) in [6, 6.07) is 7.17. The quantitative estimate of drug-likeness (QED) is 0.764. The molecule has 1 aromatic rings. The molecule has 1 aliphatic rings. The lowest BCUT2D eigenvalue weighted by Gasteiger charge is -2.21. The highest BCUT2D eigenvalue weighted by Gasteiger charge is 2.26. The Morgan fingerprint density at radius 1 is 1.50 bits per heavy atom. The Morgan fingerprint density at radius 2 is 2.25 bits per heavy atom. The van der Waals surface area contributed by atoms with Crippen LogP contribution in [0.25, 0.3) is 6.08 Å². The molecule has 1 unspecified atom stereocenters. The number of carbonyl (C=O) groups is 1. The summed E-state index contributed by atoms with van der Waals surface area (Å²) in [6.45, 7) is 1.98. The predicted octanol–water partition coefficient (Wildman–Crippen LogP) is 1.34. The van der Waals surface area contributed by atoms with Crippen molar-refractivity contribution in [1.29, 1.82) is 0 Å². The number of aliphatic hydroxyl groups excluding tert-OH is 1. The number of fused-ring (bicyclic) bond motifs is 1. The van der Waals surface area contributed by atoms with Gasteiger partial charge < -0.3 is 14.6 Å². The standard InChI is InChI=1S/C12H12O4/c1-2-15-11(13)9-7-8-5-3-4-6-10(8)16-12(9)14/h3-7,12,14H,2H2,1H3. The Kier molecular flexibility index (Phi) is 2.92. The van der Waals surface area contributed by atoms with Crippen molar-refractivity contribution in [2.24, 2.45) is 0 Å². The highest BCUT2D eigenvalue weighted by atomic mass is 16.6. The Morgan fingerprint density at radius 3 is 3.00 bits per heavy atom. The van der Waals surface area contributed by atoms with E-state index in [4.69, 9.17) is 9.47 Å². The summed E-state index contributed by atoms with van der Waals surface area (Å²) in [7, 11) is 0. The Hall–Kier alpha value is -1.81. The summed E-state index contributed by atoms with van der Waals surface area (Å²) < 4.78 is 10.0. The van der Waals surface area contributed by atoms with Crippen LogP contribution in [0.4, 0.5) is 0 Å². The van der Waals surface area contributed by atoms with Crippen LogP contribution in [-0.2, 0) is 9.53 Å². The summed E-state index contributed by atoms with van der Waals surface area (Å²) in [5.41, 5.74) is 0.886. The number of aliphatic hydroxyl groups is 1. The lowest BCUT2D eigenvalue weighted by molar-refractivity contribution is -0.141. The molecule has 4 heteroatoms. The van der Waals surface area contributed by atoms with Crippen LogP contribution in [0.15, 0.2) is 29.8 Å². The number of rotatable bonds is 2. The molecular weight excluding hydrogens is 208 g/mol. The second kappa shape index (κ2) is 4.37. The monoisotopic (exact) mass is 220 g/mol. The van der Waals surface area contributed by atoms with Gasteiger partial charge in [0.2, 0.25) is 6.29 Å². The lowest BCUT2D eigenvalue weighted by Crippen LogP contribution is -2.27. The van der Waals surface area contributed by atoms with Gasteiger partial charge >= 0.3 is 5.97 Å². The van der Waals surface area contributed by atoms with Crippen molar-refractivity contribution in [3.63, 3.8) is 0 Å². The molecule has 0 bridgehead atoms. The zero-order valence-electron chi connectivity index (χ0n) is 8.84. The number of para-hydroxylation sites is 1. The molecule has 0 saturated carbocycles. The van der Waals surface area contributed by atoms with Gasteiger partial charge in [0.15, 0.2) is 0 Å². The predicted molar refractivity (Wildman–Crippen MR) is 57.7 cm³/mol. The smallest absolute Gasteiger partial charge is 0.340 e. The summed E-state index contributed by atoms with van der Waals surface area (Å²) in [4.78, 5) is 11.5. The fourth-order valence-corrected chi connectivity index (χ4v) is 1.50. The number of ether oxygens (including phenoxy) is 2. The molecule has 1 N–H and O–H groups in total. The van der Waals surface area contributed by atoms with Crippen LogP contribution in [0.5, 0.6) is 5.75 Å². The molecule has 16 heavy (non-hydrogen) atoms. The van der Waals surface area contributed by atoms with Gasteiger partial charge in [-0.3, -0.25) is 0 Å².